The Labute approximate surface area is 147 Å². The predicted molar refractivity (Wildman–Crippen MR) is 94.2 cm³/mol. The van der Waals surface area contributed by atoms with Crippen LogP contribution in [-0.4, -0.2) is 25.0 Å². The van der Waals surface area contributed by atoms with Crippen molar-refractivity contribution in [1.82, 2.24) is 15.0 Å². The van der Waals surface area contributed by atoms with Gasteiger partial charge in [0.05, 0.1) is 23.8 Å². The number of nitrogens with one attached hydrogen (secondary N) is 1. The highest BCUT2D eigenvalue weighted by molar-refractivity contribution is 7.09. The minimum atomic E-state index is -0.442. The van der Waals surface area contributed by atoms with E-state index in [2.05, 4.69) is 20.3 Å². The zero-order chi connectivity index (χ0) is 17.8. The first-order valence-electron chi connectivity index (χ1n) is 7.43. The van der Waals surface area contributed by atoms with Gasteiger partial charge in [0.1, 0.15) is 10.8 Å². The number of rotatable bonds is 6. The third-order valence-electron chi connectivity index (χ3n) is 3.37. The molecule has 8 nitrogen and oxygen atoms in total. The molecule has 2 aromatic heterocycles. The maximum absolute atomic E-state index is 10.7. The van der Waals surface area contributed by atoms with Crippen LogP contribution in [0, 0.1) is 17.0 Å². The molecule has 2 heterocycles. The van der Waals surface area contributed by atoms with E-state index in [-0.39, 0.29) is 12.3 Å². The molecule has 3 aromatic rings. The van der Waals surface area contributed by atoms with Gasteiger partial charge in [0.15, 0.2) is 5.82 Å². The number of aliphatic hydroxyl groups is 1. The molecule has 0 saturated heterocycles. The van der Waals surface area contributed by atoms with Crippen molar-refractivity contribution in [3.8, 4) is 11.4 Å². The maximum Gasteiger partial charge on any atom is 0.269 e. The first-order valence-corrected chi connectivity index (χ1v) is 8.31. The molecule has 0 bridgehead atoms. The van der Waals surface area contributed by atoms with E-state index in [4.69, 9.17) is 5.11 Å². The Bertz CT molecular complexity index is 895. The van der Waals surface area contributed by atoms with Crippen molar-refractivity contribution in [3.05, 3.63) is 62.2 Å². The van der Waals surface area contributed by atoms with Crippen LogP contribution in [0.4, 0.5) is 11.5 Å². The van der Waals surface area contributed by atoms with Gasteiger partial charge in [-0.25, -0.2) is 15.0 Å². The SMILES string of the molecule is Cc1cc(NCc2nc(CO)cs2)nc(-c2ccc([N+](=O)[O-])cc2)n1. The molecule has 0 saturated carbocycles. The number of anilines is 1. The zero-order valence-corrected chi connectivity index (χ0v) is 14.2. The Hall–Kier alpha value is -2.91. The van der Waals surface area contributed by atoms with Crippen molar-refractivity contribution in [2.24, 2.45) is 0 Å². The molecule has 1 aromatic carbocycles. The summed E-state index contributed by atoms with van der Waals surface area (Å²) < 4.78 is 0. The fraction of sp³-hybridized carbons (Fsp3) is 0.188. The van der Waals surface area contributed by atoms with Gasteiger partial charge in [-0.2, -0.15) is 0 Å². The molecule has 3 rings (SSSR count). The quantitative estimate of drug-likeness (QED) is 0.515. The van der Waals surface area contributed by atoms with E-state index in [0.717, 1.165) is 10.7 Å². The van der Waals surface area contributed by atoms with Crippen LogP contribution in [-0.2, 0) is 13.2 Å². The second-order valence-electron chi connectivity index (χ2n) is 5.27. The normalized spacial score (nSPS) is 10.6. The molecule has 0 aliphatic heterocycles. The number of aromatic nitrogens is 3. The van der Waals surface area contributed by atoms with E-state index in [9.17, 15) is 10.1 Å². The summed E-state index contributed by atoms with van der Waals surface area (Å²) in [5.74, 6) is 1.13. The van der Waals surface area contributed by atoms with Crippen LogP contribution in [0.3, 0.4) is 0 Å². The molecule has 0 radical (unpaired) electrons. The molecule has 0 aliphatic carbocycles. The number of nitrogens with zero attached hydrogens (tertiary/aromatic N) is 4. The second kappa shape index (κ2) is 7.32. The van der Waals surface area contributed by atoms with Gasteiger partial charge >= 0.3 is 0 Å². The summed E-state index contributed by atoms with van der Waals surface area (Å²) in [7, 11) is 0. The molecular formula is C16H15N5O3S. The number of nitro benzene ring substituents is 1. The first-order chi connectivity index (χ1) is 12.0. The minimum Gasteiger partial charge on any atom is -0.390 e. The number of benzene rings is 1. The Kier molecular flexibility index (Phi) is 4.96. The van der Waals surface area contributed by atoms with Crippen LogP contribution in [0.5, 0.6) is 0 Å². The van der Waals surface area contributed by atoms with Crippen LogP contribution >= 0.6 is 11.3 Å². The van der Waals surface area contributed by atoms with Gasteiger partial charge in [-0.15, -0.1) is 11.3 Å². The Morgan fingerprint density at radius 3 is 2.64 bits per heavy atom. The first kappa shape index (κ1) is 16.9. The van der Waals surface area contributed by atoms with Crippen molar-refractivity contribution >= 4 is 22.8 Å². The number of thiazole rings is 1. The van der Waals surface area contributed by atoms with Crippen molar-refractivity contribution in [2.45, 2.75) is 20.1 Å². The number of aliphatic hydroxyl groups excluding tert-OH is 1. The summed E-state index contributed by atoms with van der Waals surface area (Å²) in [6, 6.07) is 7.94. The van der Waals surface area contributed by atoms with E-state index in [1.54, 1.807) is 12.1 Å². The second-order valence-corrected chi connectivity index (χ2v) is 6.21. The highest BCUT2D eigenvalue weighted by Crippen LogP contribution is 2.21. The van der Waals surface area contributed by atoms with E-state index in [1.165, 1.54) is 23.5 Å². The molecule has 0 amide bonds. The molecule has 0 aliphatic rings. The summed E-state index contributed by atoms with van der Waals surface area (Å²) >= 11 is 1.46. The van der Waals surface area contributed by atoms with Crippen molar-refractivity contribution in [1.29, 1.82) is 0 Å². The monoisotopic (exact) mass is 357 g/mol. The van der Waals surface area contributed by atoms with Gasteiger partial charge in [-0.1, -0.05) is 0 Å². The van der Waals surface area contributed by atoms with Crippen LogP contribution in [0.25, 0.3) is 11.4 Å². The third kappa shape index (κ3) is 4.14. The summed E-state index contributed by atoms with van der Waals surface area (Å²) in [5.41, 5.74) is 2.15. The van der Waals surface area contributed by atoms with Gasteiger partial charge in [0.2, 0.25) is 0 Å². The maximum atomic E-state index is 10.7. The fourth-order valence-electron chi connectivity index (χ4n) is 2.19. The molecule has 25 heavy (non-hydrogen) atoms. The topological polar surface area (TPSA) is 114 Å². The smallest absolute Gasteiger partial charge is 0.269 e. The number of hydrogen-bond acceptors (Lipinski definition) is 8. The standard InChI is InChI=1S/C16H15N5O3S/c1-10-6-14(17-7-15-19-12(8-22)9-25-15)20-16(18-10)11-2-4-13(5-3-11)21(23)24/h2-6,9,22H,7-8H2,1H3,(H,17,18,20). The highest BCUT2D eigenvalue weighted by atomic mass is 32.1. The zero-order valence-electron chi connectivity index (χ0n) is 13.3. The Morgan fingerprint density at radius 1 is 1.24 bits per heavy atom. The van der Waals surface area contributed by atoms with E-state index in [0.29, 0.717) is 29.4 Å². The van der Waals surface area contributed by atoms with Crippen molar-refractivity contribution in [2.75, 3.05) is 5.32 Å². The van der Waals surface area contributed by atoms with Crippen LogP contribution in [0.15, 0.2) is 35.7 Å². The lowest BCUT2D eigenvalue weighted by atomic mass is 10.2. The largest absolute Gasteiger partial charge is 0.390 e. The average Bonchev–Trinajstić information content (AvgIpc) is 3.08. The summed E-state index contributed by atoms with van der Waals surface area (Å²) in [6.45, 7) is 2.27. The number of non-ortho nitro benzene ring substituents is 1. The van der Waals surface area contributed by atoms with Gasteiger partial charge in [-0.3, -0.25) is 10.1 Å². The van der Waals surface area contributed by atoms with E-state index in [1.807, 2.05) is 18.4 Å². The van der Waals surface area contributed by atoms with Crippen LogP contribution in [0.1, 0.15) is 16.4 Å². The highest BCUT2D eigenvalue weighted by Gasteiger charge is 2.09. The minimum absolute atomic E-state index is 0.0261. The third-order valence-corrected chi connectivity index (χ3v) is 4.27. The molecule has 0 unspecified atom stereocenters. The lowest BCUT2D eigenvalue weighted by Gasteiger charge is -2.07. The van der Waals surface area contributed by atoms with Gasteiger partial charge in [0, 0.05) is 34.8 Å². The summed E-state index contributed by atoms with van der Waals surface area (Å²) in [5, 5.41) is 25.6. The van der Waals surface area contributed by atoms with Crippen molar-refractivity contribution in [3.63, 3.8) is 0 Å². The molecule has 2 N–H and O–H groups in total. The van der Waals surface area contributed by atoms with Crippen molar-refractivity contribution < 1.29 is 10.0 Å². The molecule has 0 spiro atoms. The Morgan fingerprint density at radius 2 is 2.00 bits per heavy atom. The summed E-state index contributed by atoms with van der Waals surface area (Å²) in [6.07, 6.45) is 0. The molecular weight excluding hydrogens is 342 g/mol. The fourth-order valence-corrected chi connectivity index (χ4v) is 2.91. The van der Waals surface area contributed by atoms with Gasteiger partial charge in [-0.05, 0) is 19.1 Å². The molecule has 0 fully saturated rings. The number of nitro groups is 1. The van der Waals surface area contributed by atoms with E-state index >= 15 is 0 Å². The number of hydrogen-bond donors (Lipinski definition) is 2. The predicted octanol–water partition coefficient (Wildman–Crippen LogP) is 2.92. The lowest BCUT2D eigenvalue weighted by molar-refractivity contribution is -0.384. The average molecular weight is 357 g/mol. The number of aryl methyl sites for hydroxylation is 1. The van der Waals surface area contributed by atoms with Crippen LogP contribution in [0.2, 0.25) is 0 Å². The Balaban J connectivity index is 1.78. The van der Waals surface area contributed by atoms with Crippen LogP contribution < -0.4 is 5.32 Å². The molecule has 128 valence electrons. The molecule has 0 atom stereocenters. The van der Waals surface area contributed by atoms with Gasteiger partial charge in [0.25, 0.3) is 5.69 Å². The lowest BCUT2D eigenvalue weighted by Crippen LogP contribution is -2.04. The molecule has 9 heteroatoms. The summed E-state index contributed by atoms with van der Waals surface area (Å²) in [4.78, 5) is 23.4. The van der Waals surface area contributed by atoms with E-state index < -0.39 is 4.92 Å². The van der Waals surface area contributed by atoms with Gasteiger partial charge < -0.3 is 10.4 Å².